The van der Waals surface area contributed by atoms with Crippen molar-refractivity contribution in [1.29, 1.82) is 0 Å². The molecule has 2 fully saturated rings. The molecule has 174 valence electrons. The van der Waals surface area contributed by atoms with Gasteiger partial charge in [-0.3, -0.25) is 4.79 Å². The molecule has 2 saturated heterocycles. The Hall–Kier alpha value is -2.68. The van der Waals surface area contributed by atoms with E-state index in [0.29, 0.717) is 17.9 Å². The smallest absolute Gasteiger partial charge is 0.339 e. The molecule has 1 aromatic rings. The molecule has 8 nitrogen and oxygen atoms in total. The van der Waals surface area contributed by atoms with Crippen LogP contribution in [0.25, 0.3) is 6.08 Å². The zero-order chi connectivity index (χ0) is 23.5. The molecule has 8 heteroatoms. The zero-order valence-corrected chi connectivity index (χ0v) is 18.9. The van der Waals surface area contributed by atoms with Gasteiger partial charge in [0, 0.05) is 13.0 Å². The minimum Gasteiger partial charge on any atom is -0.496 e. The van der Waals surface area contributed by atoms with Crippen molar-refractivity contribution in [3.05, 3.63) is 58.7 Å². The summed E-state index contributed by atoms with van der Waals surface area (Å²) in [5, 5.41) is 11.0. The minimum atomic E-state index is -1.08. The van der Waals surface area contributed by atoms with Crippen LogP contribution < -0.4 is 10.4 Å². The Balaban J connectivity index is 1.71. The van der Waals surface area contributed by atoms with Gasteiger partial charge < -0.3 is 28.5 Å². The highest BCUT2D eigenvalue weighted by atomic mass is 16.7. The Labute approximate surface area is 187 Å². The number of aliphatic hydroxyl groups is 1. The number of aliphatic hydroxyl groups excluding tert-OH is 1. The van der Waals surface area contributed by atoms with Crippen LogP contribution in [0, 0.1) is 0 Å². The Morgan fingerprint density at radius 3 is 2.53 bits per heavy atom. The van der Waals surface area contributed by atoms with Crippen LogP contribution in [0.15, 0.2) is 51.7 Å². The summed E-state index contributed by atoms with van der Waals surface area (Å²) in [7, 11) is 1.48. The highest BCUT2D eigenvalue weighted by Crippen LogP contribution is 2.51. The van der Waals surface area contributed by atoms with E-state index in [0.717, 1.165) is 0 Å². The van der Waals surface area contributed by atoms with Crippen LogP contribution >= 0.6 is 0 Å². The summed E-state index contributed by atoms with van der Waals surface area (Å²) >= 11 is 0. The van der Waals surface area contributed by atoms with Crippen LogP contribution in [0.5, 0.6) is 5.75 Å². The van der Waals surface area contributed by atoms with Crippen LogP contribution in [0.1, 0.15) is 39.9 Å². The number of carbonyl (C=O) groups excluding carboxylic acids is 1. The van der Waals surface area contributed by atoms with Crippen molar-refractivity contribution in [3.63, 3.8) is 0 Å². The maximum Gasteiger partial charge on any atom is 0.339 e. The topological polar surface area (TPSA) is 104 Å². The normalized spacial score (nSPS) is 34.6. The Bertz CT molecular complexity index is 972. The van der Waals surface area contributed by atoms with Gasteiger partial charge in [0.25, 0.3) is 0 Å². The van der Waals surface area contributed by atoms with E-state index in [2.05, 4.69) is 0 Å². The zero-order valence-electron chi connectivity index (χ0n) is 18.9. The summed E-state index contributed by atoms with van der Waals surface area (Å²) in [4.78, 5) is 23.1. The Morgan fingerprint density at radius 2 is 1.88 bits per heavy atom. The maximum absolute atomic E-state index is 11.7. The lowest BCUT2D eigenvalue weighted by atomic mass is 9.77. The number of esters is 1. The Morgan fingerprint density at radius 1 is 1.16 bits per heavy atom. The third-order valence-corrected chi connectivity index (χ3v) is 5.91. The van der Waals surface area contributed by atoms with Crippen LogP contribution in [-0.2, 0) is 19.0 Å². The van der Waals surface area contributed by atoms with Gasteiger partial charge in [-0.1, -0.05) is 37.3 Å². The van der Waals surface area contributed by atoms with Crippen molar-refractivity contribution in [3.8, 4) is 5.75 Å². The van der Waals surface area contributed by atoms with Gasteiger partial charge in [-0.05, 0) is 26.3 Å². The minimum absolute atomic E-state index is 0.319. The average molecular weight is 446 g/mol. The summed E-state index contributed by atoms with van der Waals surface area (Å²) in [6.07, 6.45) is 8.28. The average Bonchev–Trinajstić information content (AvgIpc) is 2.90. The van der Waals surface area contributed by atoms with E-state index >= 15 is 0 Å². The first kappa shape index (κ1) is 24.0. The molecule has 32 heavy (non-hydrogen) atoms. The second-order valence-corrected chi connectivity index (χ2v) is 8.25. The highest BCUT2D eigenvalue weighted by molar-refractivity contribution is 5.66. The summed E-state index contributed by atoms with van der Waals surface area (Å²) in [5.41, 5.74) is -2.45. The molecule has 0 unspecified atom stereocenters. The molecule has 0 spiro atoms. The van der Waals surface area contributed by atoms with Crippen molar-refractivity contribution >= 4 is 12.0 Å². The first-order valence-corrected chi connectivity index (χ1v) is 10.6. The Kier molecular flexibility index (Phi) is 7.07. The van der Waals surface area contributed by atoms with Crippen LogP contribution in [0.3, 0.4) is 0 Å². The van der Waals surface area contributed by atoms with Gasteiger partial charge >= 0.3 is 11.6 Å². The molecule has 3 heterocycles. The molecule has 0 aromatic carbocycles. The van der Waals surface area contributed by atoms with E-state index in [1.807, 2.05) is 13.8 Å². The summed E-state index contributed by atoms with van der Waals surface area (Å²) in [6, 6.07) is 2.87. The molecule has 0 amide bonds. The summed E-state index contributed by atoms with van der Waals surface area (Å²) in [6.45, 7) is 6.90. The van der Waals surface area contributed by atoms with Gasteiger partial charge in [-0.25, -0.2) is 4.79 Å². The number of allylic oxidation sites excluding steroid dienone is 4. The quantitative estimate of drug-likeness (QED) is 0.504. The van der Waals surface area contributed by atoms with Crippen LogP contribution in [0.4, 0.5) is 0 Å². The number of rotatable bonds is 7. The van der Waals surface area contributed by atoms with Crippen LogP contribution in [-0.4, -0.2) is 53.8 Å². The first-order chi connectivity index (χ1) is 15.1. The number of ether oxygens (including phenoxy) is 4. The van der Waals surface area contributed by atoms with Crippen molar-refractivity contribution in [1.82, 2.24) is 0 Å². The van der Waals surface area contributed by atoms with Gasteiger partial charge in [0.15, 0.2) is 6.10 Å². The van der Waals surface area contributed by atoms with Crippen molar-refractivity contribution < 1.29 is 33.3 Å². The lowest BCUT2D eigenvalue weighted by molar-refractivity contribution is -0.235. The maximum atomic E-state index is 11.7. The molecule has 1 N–H and O–H groups in total. The number of methoxy groups -OCH3 is 1. The van der Waals surface area contributed by atoms with Gasteiger partial charge in [0.2, 0.25) is 0 Å². The summed E-state index contributed by atoms with van der Waals surface area (Å²) < 4.78 is 28.0. The molecule has 3 rings (SSSR count). The third-order valence-electron chi connectivity index (χ3n) is 5.91. The molecular weight excluding hydrogens is 416 g/mol. The van der Waals surface area contributed by atoms with Crippen LogP contribution in [0.2, 0.25) is 0 Å². The molecule has 2 bridgehead atoms. The first-order valence-electron chi connectivity index (χ1n) is 10.6. The third kappa shape index (κ3) is 4.57. The van der Waals surface area contributed by atoms with E-state index in [-0.39, 0.29) is 6.10 Å². The fraction of sp³-hybridized carbons (Fsp3) is 0.500. The number of fused-ring (bicyclic) bond motifs is 2. The second kappa shape index (κ2) is 9.44. The van der Waals surface area contributed by atoms with Crippen molar-refractivity contribution in [2.45, 2.75) is 69.7 Å². The van der Waals surface area contributed by atoms with Gasteiger partial charge in [0.1, 0.15) is 34.9 Å². The van der Waals surface area contributed by atoms with Crippen molar-refractivity contribution in [2.75, 3.05) is 7.11 Å². The molecule has 1 aromatic heterocycles. The van der Waals surface area contributed by atoms with Gasteiger partial charge in [-0.2, -0.15) is 0 Å². The standard InChI is InChI=1S/C24H30O8/c1-6-19-23(3)22(29-15(2)25)24(4,32-19)21(27)18(31-23)12-10-8-7-9-11-16-13-17(28-5)14-20(26)30-16/h7-14,18-19,21-22,27H,6H2,1-5H3/b8-7+,11-9+,12-10+/t18-,19+,21-,22+,23-,24+/m0/s1. The predicted molar refractivity (Wildman–Crippen MR) is 117 cm³/mol. The molecule has 0 radical (unpaired) electrons. The van der Waals surface area contributed by atoms with E-state index in [9.17, 15) is 14.7 Å². The molecule has 2 aliphatic rings. The van der Waals surface area contributed by atoms with E-state index in [1.54, 1.807) is 49.4 Å². The predicted octanol–water partition coefficient (Wildman–Crippen LogP) is 2.79. The monoisotopic (exact) mass is 446 g/mol. The van der Waals surface area contributed by atoms with E-state index < -0.39 is 41.1 Å². The largest absolute Gasteiger partial charge is 0.496 e. The number of hydrogen-bond acceptors (Lipinski definition) is 8. The lowest BCUT2D eigenvalue weighted by Gasteiger charge is -2.47. The summed E-state index contributed by atoms with van der Waals surface area (Å²) in [5.74, 6) is 0.342. The molecule has 0 saturated carbocycles. The lowest BCUT2D eigenvalue weighted by Crippen LogP contribution is -2.65. The fourth-order valence-corrected chi connectivity index (χ4v) is 4.43. The van der Waals surface area contributed by atoms with Gasteiger partial charge in [0.05, 0.1) is 19.3 Å². The molecule has 0 aliphatic carbocycles. The van der Waals surface area contributed by atoms with E-state index in [1.165, 1.54) is 20.1 Å². The fourth-order valence-electron chi connectivity index (χ4n) is 4.43. The van der Waals surface area contributed by atoms with Crippen molar-refractivity contribution in [2.24, 2.45) is 0 Å². The number of carbonyl (C=O) groups is 1. The van der Waals surface area contributed by atoms with E-state index in [4.69, 9.17) is 23.4 Å². The molecular formula is C24H30O8. The number of hydrogen-bond donors (Lipinski definition) is 1. The van der Waals surface area contributed by atoms with Gasteiger partial charge in [-0.15, -0.1) is 0 Å². The molecule has 2 aliphatic heterocycles. The molecule has 6 atom stereocenters. The SMILES string of the molecule is CC[C@H]1O[C@@]2(C)[C@H](OC(C)=O)[C@@]1(C)O[C@@H](/C=C/C=C/C=C/c1cc(OC)cc(=O)o1)[C@@H]2O. The highest BCUT2D eigenvalue weighted by Gasteiger charge is 2.69. The second-order valence-electron chi connectivity index (χ2n) is 8.25.